The van der Waals surface area contributed by atoms with Gasteiger partial charge in [0.05, 0.1) is 11.2 Å². The number of halogens is 2. The summed E-state index contributed by atoms with van der Waals surface area (Å²) < 4.78 is 2.12. The zero-order valence-corrected chi connectivity index (χ0v) is 14.7. The smallest absolute Gasteiger partial charge is 0.0751 e. The predicted molar refractivity (Wildman–Crippen MR) is 95.6 cm³/mol. The summed E-state index contributed by atoms with van der Waals surface area (Å²) in [4.78, 5) is 4.49. The fourth-order valence-electron chi connectivity index (χ4n) is 2.36. The van der Waals surface area contributed by atoms with E-state index in [0.717, 1.165) is 26.7 Å². The lowest BCUT2D eigenvalue weighted by molar-refractivity contribution is 1.14. The van der Waals surface area contributed by atoms with Gasteiger partial charge < -0.3 is 5.32 Å². The van der Waals surface area contributed by atoms with Gasteiger partial charge in [0.2, 0.25) is 0 Å². The number of hydrogen-bond acceptors (Lipinski definition) is 2. The van der Waals surface area contributed by atoms with Gasteiger partial charge in [-0.2, -0.15) is 0 Å². The molecule has 3 aromatic rings. The lowest BCUT2D eigenvalue weighted by Crippen LogP contribution is -2.02. The van der Waals surface area contributed by atoms with E-state index in [0.29, 0.717) is 0 Å². The normalized spacial score (nSPS) is 10.8. The molecular weight excluding hydrogens is 392 g/mol. The molecule has 2 aromatic carbocycles. The van der Waals surface area contributed by atoms with Gasteiger partial charge in [-0.1, -0.05) is 24.3 Å². The molecule has 4 heteroatoms. The number of benzene rings is 2. The Morgan fingerprint density at radius 3 is 2.52 bits per heavy atom. The van der Waals surface area contributed by atoms with Crippen LogP contribution in [0.2, 0.25) is 0 Å². The molecule has 1 N–H and O–H groups in total. The molecule has 0 saturated carbocycles. The van der Waals surface area contributed by atoms with E-state index in [9.17, 15) is 0 Å². The van der Waals surface area contributed by atoms with Crippen molar-refractivity contribution in [1.82, 2.24) is 4.98 Å². The molecule has 0 spiro atoms. The Bertz CT molecular complexity index is 771. The van der Waals surface area contributed by atoms with Crippen LogP contribution in [0.15, 0.2) is 57.6 Å². The van der Waals surface area contributed by atoms with Crippen molar-refractivity contribution in [3.8, 4) is 0 Å². The second-order valence-corrected chi connectivity index (χ2v) is 6.66. The maximum absolute atomic E-state index is 4.49. The van der Waals surface area contributed by atoms with Crippen LogP contribution < -0.4 is 5.32 Å². The second kappa shape index (κ2) is 6.16. The molecule has 0 unspecified atom stereocenters. The largest absolute Gasteiger partial charge is 0.379 e. The maximum Gasteiger partial charge on any atom is 0.0751 e. The Labute approximate surface area is 140 Å². The van der Waals surface area contributed by atoms with Gasteiger partial charge in [-0.15, -0.1) is 0 Å². The molecule has 0 atom stereocenters. The Morgan fingerprint density at radius 2 is 1.76 bits per heavy atom. The van der Waals surface area contributed by atoms with Gasteiger partial charge in [-0.25, -0.2) is 0 Å². The van der Waals surface area contributed by atoms with Crippen LogP contribution in [0.4, 0.5) is 5.69 Å². The van der Waals surface area contributed by atoms with E-state index in [4.69, 9.17) is 0 Å². The topological polar surface area (TPSA) is 24.9 Å². The van der Waals surface area contributed by atoms with Crippen molar-refractivity contribution < 1.29 is 0 Å². The monoisotopic (exact) mass is 404 g/mol. The van der Waals surface area contributed by atoms with Gasteiger partial charge in [0.25, 0.3) is 0 Å². The van der Waals surface area contributed by atoms with Crippen LogP contribution in [0.5, 0.6) is 0 Å². The van der Waals surface area contributed by atoms with E-state index in [1.54, 1.807) is 0 Å². The summed E-state index contributed by atoms with van der Waals surface area (Å²) in [5, 5.41) is 4.65. The van der Waals surface area contributed by atoms with Crippen molar-refractivity contribution in [3.63, 3.8) is 0 Å². The number of hydrogen-bond donors (Lipinski definition) is 1. The van der Waals surface area contributed by atoms with Crippen molar-refractivity contribution >= 4 is 48.5 Å². The van der Waals surface area contributed by atoms with E-state index < -0.39 is 0 Å². The first-order chi connectivity index (χ1) is 10.1. The summed E-state index contributed by atoms with van der Waals surface area (Å²) in [6.45, 7) is 2.81. The number of pyridine rings is 1. The minimum Gasteiger partial charge on any atom is -0.379 e. The standard InChI is InChI=1S/C17H14Br2N2/c1-11-8-14(18)17(15(19)9-11)21-10-13-5-2-4-12-6-3-7-20-16(12)13/h2-9,21H,10H2,1H3. The number of rotatable bonds is 3. The third-order valence-electron chi connectivity index (χ3n) is 3.36. The Morgan fingerprint density at radius 1 is 1.05 bits per heavy atom. The van der Waals surface area contributed by atoms with Gasteiger partial charge in [-0.3, -0.25) is 4.98 Å². The van der Waals surface area contributed by atoms with Gasteiger partial charge in [0.1, 0.15) is 0 Å². The second-order valence-electron chi connectivity index (χ2n) is 4.95. The van der Waals surface area contributed by atoms with Crippen LogP contribution in [-0.2, 0) is 6.54 Å². The quantitative estimate of drug-likeness (QED) is 0.606. The summed E-state index contributed by atoms with van der Waals surface area (Å²) >= 11 is 7.23. The molecule has 0 aliphatic rings. The summed E-state index contributed by atoms with van der Waals surface area (Å²) in [5.74, 6) is 0. The third-order valence-corrected chi connectivity index (χ3v) is 4.61. The number of anilines is 1. The average molecular weight is 406 g/mol. The zero-order chi connectivity index (χ0) is 14.8. The summed E-state index contributed by atoms with van der Waals surface area (Å²) in [7, 11) is 0. The molecule has 0 saturated heterocycles. The molecule has 21 heavy (non-hydrogen) atoms. The Kier molecular flexibility index (Phi) is 4.27. The van der Waals surface area contributed by atoms with E-state index >= 15 is 0 Å². The van der Waals surface area contributed by atoms with Crippen molar-refractivity contribution in [1.29, 1.82) is 0 Å². The average Bonchev–Trinajstić information content (AvgIpc) is 2.46. The molecule has 106 valence electrons. The number of aryl methyl sites for hydroxylation is 1. The van der Waals surface area contributed by atoms with Crippen molar-refractivity contribution in [2.45, 2.75) is 13.5 Å². The lowest BCUT2D eigenvalue weighted by Gasteiger charge is -2.13. The molecule has 2 nitrogen and oxygen atoms in total. The van der Waals surface area contributed by atoms with E-state index in [-0.39, 0.29) is 0 Å². The molecule has 1 aromatic heterocycles. The SMILES string of the molecule is Cc1cc(Br)c(NCc2cccc3cccnc23)c(Br)c1. The van der Waals surface area contributed by atoms with E-state index in [1.165, 1.54) is 16.5 Å². The predicted octanol–water partition coefficient (Wildman–Crippen LogP) is 5.68. The highest BCUT2D eigenvalue weighted by molar-refractivity contribution is 9.11. The number of nitrogens with one attached hydrogen (secondary N) is 1. The van der Waals surface area contributed by atoms with Crippen molar-refractivity contribution in [3.05, 3.63) is 68.7 Å². The zero-order valence-electron chi connectivity index (χ0n) is 11.5. The fourth-order valence-corrected chi connectivity index (χ4v) is 4.06. The maximum atomic E-state index is 4.49. The fraction of sp³-hybridized carbons (Fsp3) is 0.118. The molecule has 0 radical (unpaired) electrons. The molecule has 0 aliphatic carbocycles. The Hall–Kier alpha value is -1.39. The highest BCUT2D eigenvalue weighted by Crippen LogP contribution is 2.33. The number of aromatic nitrogens is 1. The van der Waals surface area contributed by atoms with Gasteiger partial charge in [-0.05, 0) is 68.1 Å². The number of para-hydroxylation sites is 1. The van der Waals surface area contributed by atoms with E-state index in [2.05, 4.69) is 85.5 Å². The Balaban J connectivity index is 1.91. The summed E-state index contributed by atoms with van der Waals surface area (Å²) in [6.07, 6.45) is 1.84. The minimum atomic E-state index is 0.731. The highest BCUT2D eigenvalue weighted by atomic mass is 79.9. The molecule has 1 heterocycles. The van der Waals surface area contributed by atoms with Crippen LogP contribution in [0.1, 0.15) is 11.1 Å². The number of fused-ring (bicyclic) bond motifs is 1. The first-order valence-electron chi connectivity index (χ1n) is 6.67. The summed E-state index contributed by atoms with van der Waals surface area (Å²) in [6, 6.07) is 14.5. The molecule has 0 bridgehead atoms. The van der Waals surface area contributed by atoms with Crippen molar-refractivity contribution in [2.24, 2.45) is 0 Å². The molecule has 0 aliphatic heterocycles. The molecule has 0 amide bonds. The molecular formula is C17H14Br2N2. The minimum absolute atomic E-state index is 0.731. The molecule has 0 fully saturated rings. The van der Waals surface area contributed by atoms with Gasteiger partial charge in [0, 0.05) is 27.1 Å². The van der Waals surface area contributed by atoms with Crippen molar-refractivity contribution in [2.75, 3.05) is 5.32 Å². The van der Waals surface area contributed by atoms with Crippen LogP contribution in [0.25, 0.3) is 10.9 Å². The van der Waals surface area contributed by atoms with E-state index in [1.807, 2.05) is 12.3 Å². The first kappa shape index (κ1) is 14.5. The lowest BCUT2D eigenvalue weighted by atomic mass is 10.1. The van der Waals surface area contributed by atoms with Gasteiger partial charge >= 0.3 is 0 Å². The highest BCUT2D eigenvalue weighted by Gasteiger charge is 2.07. The first-order valence-corrected chi connectivity index (χ1v) is 8.26. The summed E-state index contributed by atoms with van der Waals surface area (Å²) in [5.41, 5.74) is 4.51. The van der Waals surface area contributed by atoms with Crippen LogP contribution >= 0.6 is 31.9 Å². The third kappa shape index (κ3) is 3.11. The van der Waals surface area contributed by atoms with Gasteiger partial charge in [0.15, 0.2) is 0 Å². The number of nitrogens with zero attached hydrogens (tertiary/aromatic N) is 1. The van der Waals surface area contributed by atoms with Crippen LogP contribution in [-0.4, -0.2) is 4.98 Å². The van der Waals surface area contributed by atoms with Crippen LogP contribution in [0.3, 0.4) is 0 Å². The van der Waals surface area contributed by atoms with Crippen LogP contribution in [0, 0.1) is 6.92 Å². The molecule has 3 rings (SSSR count).